The summed E-state index contributed by atoms with van der Waals surface area (Å²) in [7, 11) is 1.60. The number of nitrogens with zero attached hydrogens (tertiary/aromatic N) is 3. The Morgan fingerprint density at radius 2 is 1.89 bits per heavy atom. The number of methoxy groups -OCH3 is 1. The zero-order chi connectivity index (χ0) is 26.2. The summed E-state index contributed by atoms with van der Waals surface area (Å²) in [5, 5.41) is 3.51. The summed E-state index contributed by atoms with van der Waals surface area (Å²) >= 11 is 0. The van der Waals surface area contributed by atoms with Gasteiger partial charge in [-0.05, 0) is 68.0 Å². The molecule has 1 saturated carbocycles. The fraction of sp³-hybridized carbons (Fsp3) is 0.276. The van der Waals surface area contributed by atoms with Crippen molar-refractivity contribution < 1.29 is 19.1 Å². The molecule has 0 saturated heterocycles. The van der Waals surface area contributed by atoms with E-state index >= 15 is 0 Å². The lowest BCUT2D eigenvalue weighted by atomic mass is 9.93. The molecule has 3 heterocycles. The van der Waals surface area contributed by atoms with Crippen LogP contribution in [-0.2, 0) is 13.0 Å². The highest BCUT2D eigenvalue weighted by Gasteiger charge is 2.29. The van der Waals surface area contributed by atoms with Gasteiger partial charge in [-0.1, -0.05) is 0 Å². The Balaban J connectivity index is 1.23. The van der Waals surface area contributed by atoms with E-state index in [1.165, 1.54) is 12.3 Å². The zero-order valence-electron chi connectivity index (χ0n) is 20.9. The van der Waals surface area contributed by atoms with E-state index in [0.717, 1.165) is 35.9 Å². The van der Waals surface area contributed by atoms with Gasteiger partial charge >= 0.3 is 0 Å². The highest BCUT2D eigenvalue weighted by atomic mass is 16.5. The number of ketones is 1. The molecule has 0 atom stereocenters. The number of ether oxygens (including phenoxy) is 2. The normalized spacial score (nSPS) is 14.7. The number of benzene rings is 1. The minimum Gasteiger partial charge on any atom is -0.497 e. The smallest absolute Gasteiger partial charge is 0.263 e. The lowest BCUT2D eigenvalue weighted by Gasteiger charge is -2.21. The monoisotopic (exact) mass is 510 g/mol. The van der Waals surface area contributed by atoms with Crippen LogP contribution in [0.4, 0.5) is 5.82 Å². The van der Waals surface area contributed by atoms with Gasteiger partial charge in [0.1, 0.15) is 28.6 Å². The first-order valence-corrected chi connectivity index (χ1v) is 12.7. The van der Waals surface area contributed by atoms with Gasteiger partial charge < -0.3 is 19.4 Å². The Kier molecular flexibility index (Phi) is 6.11. The van der Waals surface area contributed by atoms with Crippen LogP contribution in [0.1, 0.15) is 52.1 Å². The van der Waals surface area contributed by atoms with Gasteiger partial charge in [0.2, 0.25) is 0 Å². The minimum absolute atomic E-state index is 0.0217. The van der Waals surface area contributed by atoms with Crippen molar-refractivity contribution in [1.82, 2.24) is 14.5 Å². The third-order valence-corrected chi connectivity index (χ3v) is 7.02. The Hall–Kier alpha value is -4.53. The predicted molar refractivity (Wildman–Crippen MR) is 141 cm³/mol. The Bertz CT molecular complexity index is 1620. The zero-order valence-corrected chi connectivity index (χ0v) is 20.9. The molecule has 4 aromatic rings. The molecule has 2 aliphatic rings. The first kappa shape index (κ1) is 23.8. The molecule has 1 aromatic carbocycles. The number of carbonyl (C=O) groups is 2. The van der Waals surface area contributed by atoms with Crippen molar-refractivity contribution in [3.8, 4) is 17.2 Å². The number of rotatable bonds is 7. The molecular formula is C29H26N4O5. The number of nitrogens with one attached hydrogen (secondary N) is 1. The molecule has 1 N–H and O–H groups in total. The summed E-state index contributed by atoms with van der Waals surface area (Å²) in [5.41, 5.74) is 1.58. The number of carbonyl (C=O) groups excluding carboxylic acids is 2. The molecule has 3 aromatic heterocycles. The molecule has 6 rings (SSSR count). The van der Waals surface area contributed by atoms with Crippen LogP contribution >= 0.6 is 0 Å². The fourth-order valence-electron chi connectivity index (χ4n) is 4.82. The fourth-order valence-corrected chi connectivity index (χ4v) is 4.82. The quantitative estimate of drug-likeness (QED) is 0.381. The molecule has 9 nitrogen and oxygen atoms in total. The summed E-state index contributed by atoms with van der Waals surface area (Å²) < 4.78 is 12.9. The SMILES string of the molecule is COc1ccc2c(Oc3ccc(NC(=O)c4cc5c(n(CC6CC6)c4=O)CCCC5=O)nc3)ccnc2c1. The van der Waals surface area contributed by atoms with Crippen molar-refractivity contribution in [2.75, 3.05) is 12.4 Å². The van der Waals surface area contributed by atoms with Gasteiger partial charge in [-0.2, -0.15) is 0 Å². The van der Waals surface area contributed by atoms with Gasteiger partial charge in [-0.25, -0.2) is 4.98 Å². The summed E-state index contributed by atoms with van der Waals surface area (Å²) in [6.45, 7) is 0.552. The van der Waals surface area contributed by atoms with Crippen LogP contribution in [0.5, 0.6) is 17.2 Å². The molecule has 2 aliphatic carbocycles. The molecule has 0 spiro atoms. The number of Topliss-reactive ketones (excluding diaryl/α,β-unsaturated/α-hetero) is 1. The van der Waals surface area contributed by atoms with Gasteiger partial charge in [0.05, 0.1) is 18.8 Å². The lowest BCUT2D eigenvalue weighted by Crippen LogP contribution is -2.35. The van der Waals surface area contributed by atoms with E-state index in [1.54, 1.807) is 36.1 Å². The maximum absolute atomic E-state index is 13.3. The molecule has 38 heavy (non-hydrogen) atoms. The Labute approximate surface area is 218 Å². The Morgan fingerprint density at radius 3 is 2.66 bits per heavy atom. The average molecular weight is 511 g/mol. The van der Waals surface area contributed by atoms with Gasteiger partial charge in [0.15, 0.2) is 5.78 Å². The van der Waals surface area contributed by atoms with E-state index in [9.17, 15) is 14.4 Å². The van der Waals surface area contributed by atoms with Crippen molar-refractivity contribution in [2.24, 2.45) is 5.92 Å². The first-order chi connectivity index (χ1) is 18.5. The van der Waals surface area contributed by atoms with Crippen LogP contribution in [0.15, 0.2) is 59.7 Å². The largest absolute Gasteiger partial charge is 0.497 e. The first-order valence-electron chi connectivity index (χ1n) is 12.7. The highest BCUT2D eigenvalue weighted by Crippen LogP contribution is 2.32. The predicted octanol–water partition coefficient (Wildman–Crippen LogP) is 4.77. The summed E-state index contributed by atoms with van der Waals surface area (Å²) in [6.07, 6.45) is 7.10. The van der Waals surface area contributed by atoms with Gasteiger partial charge in [0, 0.05) is 41.9 Å². The van der Waals surface area contributed by atoms with E-state index in [-0.39, 0.29) is 22.7 Å². The van der Waals surface area contributed by atoms with Crippen molar-refractivity contribution in [2.45, 2.75) is 38.6 Å². The average Bonchev–Trinajstić information content (AvgIpc) is 3.75. The van der Waals surface area contributed by atoms with Crippen LogP contribution in [-0.4, -0.2) is 33.3 Å². The van der Waals surface area contributed by atoms with E-state index in [4.69, 9.17) is 9.47 Å². The highest BCUT2D eigenvalue weighted by molar-refractivity contribution is 6.06. The molecule has 9 heteroatoms. The third kappa shape index (κ3) is 4.63. The van der Waals surface area contributed by atoms with Crippen molar-refractivity contribution in [3.05, 3.63) is 82.0 Å². The van der Waals surface area contributed by atoms with E-state index in [0.29, 0.717) is 48.1 Å². The van der Waals surface area contributed by atoms with Crippen molar-refractivity contribution >= 4 is 28.4 Å². The molecule has 1 fully saturated rings. The van der Waals surface area contributed by atoms with E-state index < -0.39 is 5.91 Å². The lowest BCUT2D eigenvalue weighted by molar-refractivity contribution is 0.0970. The van der Waals surface area contributed by atoms with Gasteiger partial charge in [0.25, 0.3) is 11.5 Å². The summed E-state index contributed by atoms with van der Waals surface area (Å²) in [5.74, 6) is 1.86. The number of hydrogen-bond acceptors (Lipinski definition) is 7. The second-order valence-corrected chi connectivity index (χ2v) is 9.68. The van der Waals surface area contributed by atoms with Gasteiger partial charge in [-0.15, -0.1) is 0 Å². The minimum atomic E-state index is -0.587. The molecular weight excluding hydrogens is 484 g/mol. The van der Waals surface area contributed by atoms with Gasteiger partial charge in [-0.3, -0.25) is 19.4 Å². The summed E-state index contributed by atoms with van der Waals surface area (Å²) in [4.78, 5) is 47.7. The van der Waals surface area contributed by atoms with Crippen LogP contribution in [0.3, 0.4) is 0 Å². The standard InChI is InChI=1S/C29H26N4O5/c1-37-18-7-9-20-23(13-18)30-12-11-26(20)38-19-8-10-27(31-15-19)32-28(35)22-14-21-24(3-2-4-25(21)34)33(29(22)36)16-17-5-6-17/h7-15,17H,2-6,16H2,1H3,(H,31,32,35). The second kappa shape index (κ2) is 9.74. The Morgan fingerprint density at radius 1 is 1.05 bits per heavy atom. The maximum Gasteiger partial charge on any atom is 0.263 e. The van der Waals surface area contributed by atoms with Crippen LogP contribution in [0.2, 0.25) is 0 Å². The molecule has 1 amide bonds. The number of amides is 1. The number of pyridine rings is 3. The number of fused-ring (bicyclic) bond motifs is 2. The van der Waals surface area contributed by atoms with Crippen LogP contribution in [0.25, 0.3) is 10.9 Å². The summed E-state index contributed by atoms with van der Waals surface area (Å²) in [6, 6.07) is 12.0. The second-order valence-electron chi connectivity index (χ2n) is 9.68. The molecule has 0 aliphatic heterocycles. The number of aromatic nitrogens is 3. The maximum atomic E-state index is 13.3. The third-order valence-electron chi connectivity index (χ3n) is 7.02. The number of hydrogen-bond donors (Lipinski definition) is 1. The van der Waals surface area contributed by atoms with Crippen molar-refractivity contribution in [1.29, 1.82) is 0 Å². The van der Waals surface area contributed by atoms with Crippen LogP contribution in [0, 0.1) is 5.92 Å². The van der Waals surface area contributed by atoms with Crippen molar-refractivity contribution in [3.63, 3.8) is 0 Å². The van der Waals surface area contributed by atoms with Crippen LogP contribution < -0.4 is 20.3 Å². The topological polar surface area (TPSA) is 112 Å². The molecule has 0 radical (unpaired) electrons. The molecule has 0 unspecified atom stereocenters. The number of anilines is 1. The molecule has 0 bridgehead atoms. The van der Waals surface area contributed by atoms with E-state index in [2.05, 4.69) is 15.3 Å². The van der Waals surface area contributed by atoms with E-state index in [1.807, 2.05) is 18.2 Å². The molecule has 192 valence electrons.